The van der Waals surface area contributed by atoms with Gasteiger partial charge < -0.3 is 4.42 Å². The van der Waals surface area contributed by atoms with Crippen LogP contribution in [-0.4, -0.2) is 0 Å². The third-order valence-corrected chi connectivity index (χ3v) is 3.83. The maximum Gasteiger partial charge on any atom is 0.134 e. The Morgan fingerprint density at radius 3 is 2.57 bits per heavy atom. The molecule has 0 N–H and O–H groups in total. The normalized spacial score (nSPS) is 11.3. The van der Waals surface area contributed by atoms with Gasteiger partial charge in [0.05, 0.1) is 11.6 Å². The van der Waals surface area contributed by atoms with E-state index in [1.54, 1.807) is 24.3 Å². The minimum atomic E-state index is -0.376. The summed E-state index contributed by atoms with van der Waals surface area (Å²) in [6, 6.07) is 19.4. The zero-order valence-electron chi connectivity index (χ0n) is 12.0. The Bertz CT molecular complexity index is 904. The van der Waals surface area contributed by atoms with Crippen LogP contribution in [0, 0.1) is 17.1 Å². The summed E-state index contributed by atoms with van der Waals surface area (Å²) in [5.41, 5.74) is 1.81. The van der Waals surface area contributed by atoms with E-state index in [1.165, 1.54) is 12.1 Å². The van der Waals surface area contributed by atoms with Gasteiger partial charge in [-0.1, -0.05) is 40.2 Å². The van der Waals surface area contributed by atoms with E-state index >= 15 is 0 Å². The fourth-order valence-electron chi connectivity index (χ4n) is 2.18. The van der Waals surface area contributed by atoms with Gasteiger partial charge in [-0.3, -0.25) is 0 Å². The van der Waals surface area contributed by atoms with E-state index < -0.39 is 0 Å². The molecule has 112 valence electrons. The summed E-state index contributed by atoms with van der Waals surface area (Å²) < 4.78 is 20.0. The summed E-state index contributed by atoms with van der Waals surface area (Å²) in [7, 11) is 0. The number of benzene rings is 2. The molecule has 23 heavy (non-hydrogen) atoms. The van der Waals surface area contributed by atoms with Gasteiger partial charge in [0.25, 0.3) is 0 Å². The SMILES string of the molecule is N#C/C(=C\c1ccc(-c2ccc(Br)cc2)o1)c1cccc(F)c1. The van der Waals surface area contributed by atoms with E-state index in [0.29, 0.717) is 22.7 Å². The summed E-state index contributed by atoms with van der Waals surface area (Å²) in [4.78, 5) is 0. The molecule has 2 aromatic carbocycles. The van der Waals surface area contributed by atoms with Crippen LogP contribution in [0.4, 0.5) is 4.39 Å². The fourth-order valence-corrected chi connectivity index (χ4v) is 2.44. The Hall–Kier alpha value is -2.64. The van der Waals surface area contributed by atoms with Gasteiger partial charge in [-0.25, -0.2) is 4.39 Å². The molecule has 0 fully saturated rings. The maximum atomic E-state index is 13.3. The molecular weight excluding hydrogens is 357 g/mol. The summed E-state index contributed by atoms with van der Waals surface area (Å²) in [6.45, 7) is 0. The quantitative estimate of drug-likeness (QED) is 0.539. The lowest BCUT2D eigenvalue weighted by Crippen LogP contribution is -1.83. The topological polar surface area (TPSA) is 36.9 Å². The Morgan fingerprint density at radius 2 is 1.87 bits per heavy atom. The highest BCUT2D eigenvalue weighted by atomic mass is 79.9. The van der Waals surface area contributed by atoms with Crippen LogP contribution in [0.1, 0.15) is 11.3 Å². The van der Waals surface area contributed by atoms with Crippen LogP contribution in [0.25, 0.3) is 23.0 Å². The Kier molecular flexibility index (Phi) is 4.40. The van der Waals surface area contributed by atoms with Crippen molar-refractivity contribution < 1.29 is 8.81 Å². The monoisotopic (exact) mass is 367 g/mol. The zero-order chi connectivity index (χ0) is 16.2. The number of nitrogens with zero attached hydrogens (tertiary/aromatic N) is 1. The van der Waals surface area contributed by atoms with Gasteiger partial charge in [0.2, 0.25) is 0 Å². The van der Waals surface area contributed by atoms with Crippen LogP contribution in [0.15, 0.2) is 69.6 Å². The number of furan rings is 1. The molecule has 3 rings (SSSR count). The highest BCUT2D eigenvalue weighted by Crippen LogP contribution is 2.26. The first-order valence-corrected chi connectivity index (χ1v) is 7.68. The molecule has 4 heteroatoms. The van der Waals surface area contributed by atoms with Crippen molar-refractivity contribution in [3.05, 3.63) is 82.3 Å². The van der Waals surface area contributed by atoms with Crippen LogP contribution in [0.3, 0.4) is 0 Å². The molecule has 2 nitrogen and oxygen atoms in total. The van der Waals surface area contributed by atoms with Crippen LogP contribution < -0.4 is 0 Å². The van der Waals surface area contributed by atoms with Crippen molar-refractivity contribution in [2.24, 2.45) is 0 Å². The van der Waals surface area contributed by atoms with E-state index in [-0.39, 0.29) is 5.82 Å². The second-order valence-electron chi connectivity index (χ2n) is 4.89. The lowest BCUT2D eigenvalue weighted by Gasteiger charge is -1.99. The minimum Gasteiger partial charge on any atom is -0.457 e. The smallest absolute Gasteiger partial charge is 0.134 e. The second-order valence-corrected chi connectivity index (χ2v) is 5.80. The summed E-state index contributed by atoms with van der Waals surface area (Å²) in [5.74, 6) is 0.877. The number of halogens is 2. The largest absolute Gasteiger partial charge is 0.457 e. The molecule has 3 aromatic rings. The van der Waals surface area contributed by atoms with Crippen LogP contribution in [0.2, 0.25) is 0 Å². The van der Waals surface area contributed by atoms with Crippen LogP contribution >= 0.6 is 15.9 Å². The van der Waals surface area contributed by atoms with E-state index in [1.807, 2.05) is 30.3 Å². The molecule has 0 saturated heterocycles. The molecule has 0 bridgehead atoms. The predicted octanol–water partition coefficient (Wildman–Crippen LogP) is 5.91. The zero-order valence-corrected chi connectivity index (χ0v) is 13.5. The van der Waals surface area contributed by atoms with Gasteiger partial charge in [-0.15, -0.1) is 0 Å². The van der Waals surface area contributed by atoms with Gasteiger partial charge in [0.1, 0.15) is 17.3 Å². The van der Waals surface area contributed by atoms with E-state index in [4.69, 9.17) is 4.42 Å². The lowest BCUT2D eigenvalue weighted by molar-refractivity contribution is 0.572. The van der Waals surface area contributed by atoms with Crippen molar-refractivity contribution in [1.29, 1.82) is 5.26 Å². The van der Waals surface area contributed by atoms with Crippen LogP contribution in [0.5, 0.6) is 0 Å². The highest BCUT2D eigenvalue weighted by Gasteiger charge is 2.07. The second kappa shape index (κ2) is 6.64. The predicted molar refractivity (Wildman–Crippen MR) is 91.7 cm³/mol. The molecule has 0 unspecified atom stereocenters. The molecule has 0 aliphatic heterocycles. The standard InChI is InChI=1S/C19H11BrFNO/c20-16-6-4-13(5-7-16)19-9-8-18(23-19)11-15(12-22)14-2-1-3-17(21)10-14/h1-11H/b15-11+. The minimum absolute atomic E-state index is 0.348. The first-order chi connectivity index (χ1) is 11.2. The number of allylic oxidation sites excluding steroid dienone is 1. The number of rotatable bonds is 3. The molecule has 0 aliphatic rings. The molecule has 0 radical (unpaired) electrons. The highest BCUT2D eigenvalue weighted by molar-refractivity contribution is 9.10. The molecule has 0 amide bonds. The third-order valence-electron chi connectivity index (χ3n) is 3.30. The van der Waals surface area contributed by atoms with Crippen molar-refractivity contribution in [2.75, 3.05) is 0 Å². The first kappa shape index (κ1) is 15.3. The lowest BCUT2D eigenvalue weighted by atomic mass is 10.1. The average Bonchev–Trinajstić information content (AvgIpc) is 3.02. The molecule has 1 heterocycles. The molecular formula is C19H11BrFNO. The Balaban J connectivity index is 1.93. The molecule has 0 spiro atoms. The van der Waals surface area contributed by atoms with Crippen molar-refractivity contribution in [1.82, 2.24) is 0 Å². The van der Waals surface area contributed by atoms with Gasteiger partial charge in [-0.2, -0.15) is 5.26 Å². The van der Waals surface area contributed by atoms with E-state index in [2.05, 4.69) is 22.0 Å². The van der Waals surface area contributed by atoms with E-state index in [9.17, 15) is 9.65 Å². The summed E-state index contributed by atoms with van der Waals surface area (Å²) >= 11 is 3.39. The molecule has 0 saturated carbocycles. The Labute approximate surface area is 141 Å². The average molecular weight is 368 g/mol. The number of hydrogen-bond donors (Lipinski definition) is 0. The van der Waals surface area contributed by atoms with Gasteiger partial charge in [0.15, 0.2) is 0 Å². The molecule has 1 aromatic heterocycles. The van der Waals surface area contributed by atoms with Gasteiger partial charge >= 0.3 is 0 Å². The summed E-state index contributed by atoms with van der Waals surface area (Å²) in [5, 5.41) is 9.30. The van der Waals surface area contributed by atoms with Crippen molar-refractivity contribution >= 4 is 27.6 Å². The molecule has 0 atom stereocenters. The van der Waals surface area contributed by atoms with Gasteiger partial charge in [0, 0.05) is 10.0 Å². The van der Waals surface area contributed by atoms with Gasteiger partial charge in [-0.05, 0) is 48.0 Å². The number of nitriles is 1. The fraction of sp³-hybridized carbons (Fsp3) is 0. The third kappa shape index (κ3) is 3.58. The van der Waals surface area contributed by atoms with Crippen LogP contribution in [-0.2, 0) is 0 Å². The first-order valence-electron chi connectivity index (χ1n) is 6.89. The molecule has 0 aliphatic carbocycles. The van der Waals surface area contributed by atoms with E-state index in [0.717, 1.165) is 10.0 Å². The van der Waals surface area contributed by atoms with Crippen molar-refractivity contribution in [3.8, 4) is 17.4 Å². The van der Waals surface area contributed by atoms with Crippen molar-refractivity contribution in [2.45, 2.75) is 0 Å². The Morgan fingerprint density at radius 1 is 1.09 bits per heavy atom. The van der Waals surface area contributed by atoms with Crippen molar-refractivity contribution in [3.63, 3.8) is 0 Å². The maximum absolute atomic E-state index is 13.3. The summed E-state index contributed by atoms with van der Waals surface area (Å²) in [6.07, 6.45) is 1.61. The number of hydrogen-bond acceptors (Lipinski definition) is 2.